The van der Waals surface area contributed by atoms with Crippen LogP contribution in [0.2, 0.25) is 0 Å². The first-order valence-corrected chi connectivity index (χ1v) is 21.3. The number of nitriles is 1. The number of aromatic nitrogens is 2. The topological polar surface area (TPSA) is 52.8 Å². The van der Waals surface area contributed by atoms with Crippen molar-refractivity contribution in [3.8, 4) is 51.0 Å². The van der Waals surface area contributed by atoms with Crippen LogP contribution in [0.3, 0.4) is 0 Å². The van der Waals surface area contributed by atoms with Crippen LogP contribution in [0.15, 0.2) is 206 Å². The van der Waals surface area contributed by atoms with Gasteiger partial charge in [0.2, 0.25) is 0 Å². The molecular weight excluding hydrogens is 741 g/mol. The third-order valence-electron chi connectivity index (χ3n) is 13.5. The van der Waals surface area contributed by atoms with E-state index in [-0.39, 0.29) is 22.8 Å². The fourth-order valence-electron chi connectivity index (χ4n) is 10.3. The summed E-state index contributed by atoms with van der Waals surface area (Å²) in [6.07, 6.45) is 31.3. The zero-order chi connectivity index (χ0) is 41.1. The van der Waals surface area contributed by atoms with Gasteiger partial charge < -0.3 is 4.90 Å². The first-order chi connectivity index (χ1) is 29.9. The van der Waals surface area contributed by atoms with E-state index in [1.54, 1.807) is 0 Å². The lowest BCUT2D eigenvalue weighted by molar-refractivity contribution is 0.410. The van der Waals surface area contributed by atoms with Crippen LogP contribution in [0.5, 0.6) is 0 Å². The number of anilines is 1. The Bertz CT molecular complexity index is 3070. The van der Waals surface area contributed by atoms with Gasteiger partial charge in [-0.1, -0.05) is 170 Å². The average Bonchev–Trinajstić information content (AvgIpc) is 3.60. The Labute approximate surface area is 358 Å². The quantitative estimate of drug-likeness (QED) is 0.169. The lowest BCUT2D eigenvalue weighted by atomic mass is 9.65. The van der Waals surface area contributed by atoms with Gasteiger partial charge in [0.1, 0.15) is 0 Å². The van der Waals surface area contributed by atoms with Gasteiger partial charge in [-0.25, -0.2) is 9.97 Å². The summed E-state index contributed by atoms with van der Waals surface area (Å²) in [5.74, 6) is 0.971. The molecule has 0 radical (unpaired) electrons. The molecule has 0 saturated carbocycles. The van der Waals surface area contributed by atoms with E-state index in [1.165, 1.54) is 16.8 Å². The van der Waals surface area contributed by atoms with Gasteiger partial charge in [0, 0.05) is 39.3 Å². The Morgan fingerprint density at radius 3 is 2.10 bits per heavy atom. The molecule has 5 aliphatic rings. The molecule has 292 valence electrons. The maximum Gasteiger partial charge on any atom is 0.160 e. The fourth-order valence-corrected chi connectivity index (χ4v) is 10.3. The molecular formula is C57H44N4. The molecule has 0 fully saturated rings. The van der Waals surface area contributed by atoms with E-state index in [0.717, 1.165) is 79.9 Å². The van der Waals surface area contributed by atoms with Crippen molar-refractivity contribution in [3.05, 3.63) is 217 Å². The van der Waals surface area contributed by atoms with E-state index < -0.39 is 0 Å². The summed E-state index contributed by atoms with van der Waals surface area (Å²) in [5, 5.41) is 12.8. The van der Waals surface area contributed by atoms with Crippen LogP contribution < -0.4 is 4.90 Å². The number of allylic oxidation sites excluding steroid dienone is 12. The van der Waals surface area contributed by atoms with E-state index in [2.05, 4.69) is 207 Å². The van der Waals surface area contributed by atoms with E-state index in [0.29, 0.717) is 5.56 Å². The van der Waals surface area contributed by atoms with Crippen LogP contribution in [-0.4, -0.2) is 16.0 Å². The Morgan fingerprint density at radius 2 is 1.34 bits per heavy atom. The zero-order valence-electron chi connectivity index (χ0n) is 34.3. The van der Waals surface area contributed by atoms with Crippen LogP contribution in [0, 0.1) is 28.1 Å². The Hall–Kier alpha value is -7.35. The first kappa shape index (κ1) is 36.7. The smallest absolute Gasteiger partial charge is 0.160 e. The average molecular weight is 785 g/mol. The van der Waals surface area contributed by atoms with Gasteiger partial charge in [-0.15, -0.1) is 0 Å². The second-order valence-corrected chi connectivity index (χ2v) is 17.2. The molecule has 1 aliphatic heterocycles. The summed E-state index contributed by atoms with van der Waals surface area (Å²) in [7, 11) is 0. The van der Waals surface area contributed by atoms with E-state index in [9.17, 15) is 5.26 Å². The monoisotopic (exact) mass is 784 g/mol. The highest BCUT2D eigenvalue weighted by molar-refractivity contribution is 6.05. The van der Waals surface area contributed by atoms with Gasteiger partial charge in [0.25, 0.3) is 0 Å². The molecule has 4 aliphatic carbocycles. The second kappa shape index (κ2) is 14.4. The molecule has 6 aromatic rings. The number of fused-ring (bicyclic) bond motifs is 5. The molecule has 4 unspecified atom stereocenters. The van der Waals surface area contributed by atoms with Crippen LogP contribution in [0.1, 0.15) is 37.9 Å². The molecule has 4 heteroatoms. The zero-order valence-corrected chi connectivity index (χ0v) is 34.3. The predicted octanol–water partition coefficient (Wildman–Crippen LogP) is 13.8. The first-order valence-electron chi connectivity index (χ1n) is 21.3. The van der Waals surface area contributed by atoms with Crippen molar-refractivity contribution in [2.24, 2.45) is 16.7 Å². The highest BCUT2D eigenvalue weighted by Crippen LogP contribution is 2.59. The molecule has 1 aromatic heterocycles. The minimum Gasteiger partial charge on any atom is -0.336 e. The Balaban J connectivity index is 0.990. The normalized spacial score (nSPS) is 23.2. The number of hydrogen-bond acceptors (Lipinski definition) is 4. The number of benzene rings is 5. The summed E-state index contributed by atoms with van der Waals surface area (Å²) < 4.78 is 0. The Morgan fingerprint density at radius 1 is 0.639 bits per heavy atom. The molecule has 0 spiro atoms. The van der Waals surface area contributed by atoms with Crippen molar-refractivity contribution < 1.29 is 0 Å². The molecule has 4 atom stereocenters. The Kier molecular flexibility index (Phi) is 8.69. The molecule has 4 nitrogen and oxygen atoms in total. The van der Waals surface area contributed by atoms with Gasteiger partial charge in [-0.3, -0.25) is 0 Å². The molecule has 61 heavy (non-hydrogen) atoms. The highest BCUT2D eigenvalue weighted by atomic mass is 15.2. The maximum atomic E-state index is 10.5. The largest absolute Gasteiger partial charge is 0.336 e. The maximum absolute atomic E-state index is 10.5. The second-order valence-electron chi connectivity index (χ2n) is 17.2. The van der Waals surface area contributed by atoms with Gasteiger partial charge in [-0.2, -0.15) is 5.26 Å². The van der Waals surface area contributed by atoms with Crippen LogP contribution >= 0.6 is 0 Å². The molecule has 0 saturated heterocycles. The standard InChI is InChI=1S/C57H44N4/c1-56-31-13-11-19-44(56)27-30-50-54(56)61(53-22-12-14-32-57(50,53)2)45-34-38(37-58)33-43(35-45)47-29-28-46(48-20-9-10-21-49(47)48)39-23-25-42(26-24-39)55-59-51(40-15-5-3-6-16-40)36-52(60-55)41-17-7-4-8-18-41/h3-7,9-17,19-36,44,53H,8,18H2,1-2H3. The van der Waals surface area contributed by atoms with Crippen LogP contribution in [0.25, 0.3) is 61.2 Å². The number of nitrogens with zero attached hydrogens (tertiary/aromatic N) is 4. The van der Waals surface area contributed by atoms with Crippen molar-refractivity contribution in [1.29, 1.82) is 5.26 Å². The fraction of sp³-hybridized carbons (Fsp3) is 0.140. The minimum absolute atomic E-state index is 0.0743. The summed E-state index contributed by atoms with van der Waals surface area (Å²) in [4.78, 5) is 12.7. The molecule has 0 N–H and O–H groups in total. The summed E-state index contributed by atoms with van der Waals surface area (Å²) in [5.41, 5.74) is 13.5. The van der Waals surface area contributed by atoms with Gasteiger partial charge in [0.15, 0.2) is 5.82 Å². The van der Waals surface area contributed by atoms with Crippen molar-refractivity contribution in [2.75, 3.05) is 4.90 Å². The van der Waals surface area contributed by atoms with Crippen LogP contribution in [-0.2, 0) is 0 Å². The van der Waals surface area contributed by atoms with E-state index in [4.69, 9.17) is 9.97 Å². The van der Waals surface area contributed by atoms with Gasteiger partial charge in [-0.05, 0) is 95.1 Å². The van der Waals surface area contributed by atoms with Gasteiger partial charge in [0.05, 0.1) is 29.1 Å². The SMILES string of the molecule is CC12C=CC=CC1C=CC1=C2N(c2cc(C#N)cc(-c3ccc(-c4ccc(-c5nc(C6=CC=CCC6)cc(-c6ccccc6)n5)cc4)c4ccccc34)c2)C2C=CC=CC12C. The van der Waals surface area contributed by atoms with Crippen molar-refractivity contribution in [2.45, 2.75) is 32.7 Å². The highest BCUT2D eigenvalue weighted by Gasteiger charge is 2.54. The number of hydrogen-bond donors (Lipinski definition) is 0. The number of rotatable bonds is 6. The van der Waals surface area contributed by atoms with Crippen molar-refractivity contribution in [1.82, 2.24) is 9.97 Å². The van der Waals surface area contributed by atoms with Crippen molar-refractivity contribution in [3.63, 3.8) is 0 Å². The third-order valence-corrected chi connectivity index (χ3v) is 13.5. The summed E-state index contributed by atoms with van der Waals surface area (Å²) in [6.45, 7) is 4.72. The predicted molar refractivity (Wildman–Crippen MR) is 251 cm³/mol. The molecule has 2 heterocycles. The van der Waals surface area contributed by atoms with E-state index in [1.807, 2.05) is 12.1 Å². The molecule has 0 bridgehead atoms. The molecule has 11 rings (SSSR count). The minimum atomic E-state index is -0.225. The van der Waals surface area contributed by atoms with Gasteiger partial charge >= 0.3 is 0 Å². The molecule has 0 amide bonds. The molecule has 5 aromatic carbocycles. The van der Waals surface area contributed by atoms with Crippen LogP contribution in [0.4, 0.5) is 5.69 Å². The lowest BCUT2D eigenvalue weighted by Gasteiger charge is -2.43. The van der Waals surface area contributed by atoms with E-state index >= 15 is 0 Å². The van der Waals surface area contributed by atoms with Crippen molar-refractivity contribution >= 4 is 22.0 Å². The summed E-state index contributed by atoms with van der Waals surface area (Å²) >= 11 is 0. The summed E-state index contributed by atoms with van der Waals surface area (Å²) in [6, 6.07) is 43.3. The lowest BCUT2D eigenvalue weighted by Crippen LogP contribution is -2.42. The third kappa shape index (κ3) is 6.03.